The van der Waals surface area contributed by atoms with Crippen LogP contribution in [0.1, 0.15) is 36.0 Å². The van der Waals surface area contributed by atoms with Crippen LogP contribution in [-0.2, 0) is 27.3 Å². The molecule has 6 heteroatoms. The van der Waals surface area contributed by atoms with E-state index in [1.165, 1.54) is 4.90 Å². The molecular formula is C21H21ClN2O3. The first-order valence-electron chi connectivity index (χ1n) is 8.90. The van der Waals surface area contributed by atoms with Crippen LogP contribution in [0.5, 0.6) is 0 Å². The molecule has 2 aromatic rings. The van der Waals surface area contributed by atoms with Gasteiger partial charge in [-0.2, -0.15) is 0 Å². The number of nitrogens with zero attached hydrogens (tertiary/aromatic N) is 1. The van der Waals surface area contributed by atoms with E-state index < -0.39 is 0 Å². The van der Waals surface area contributed by atoms with Gasteiger partial charge in [-0.25, -0.2) is 0 Å². The van der Waals surface area contributed by atoms with Gasteiger partial charge in [-0.05, 0) is 48.2 Å². The fraction of sp³-hybridized carbons (Fsp3) is 0.286. The highest BCUT2D eigenvalue weighted by molar-refractivity contribution is 6.31. The predicted molar refractivity (Wildman–Crippen MR) is 104 cm³/mol. The molecule has 0 bridgehead atoms. The summed E-state index contributed by atoms with van der Waals surface area (Å²) in [5, 5.41) is 3.43. The molecule has 0 spiro atoms. The maximum atomic E-state index is 12.3. The Morgan fingerprint density at radius 3 is 2.37 bits per heavy atom. The summed E-state index contributed by atoms with van der Waals surface area (Å²) in [6.07, 6.45) is 1.66. The van der Waals surface area contributed by atoms with Crippen molar-refractivity contribution in [3.05, 3.63) is 64.2 Å². The zero-order chi connectivity index (χ0) is 19.4. The SMILES string of the molecule is Cc1cccc(Cl)c1CC(=O)Nc1ccc(CN2C(=O)CCCC2=O)cc1. The first-order valence-corrected chi connectivity index (χ1v) is 9.28. The third kappa shape index (κ3) is 4.74. The minimum Gasteiger partial charge on any atom is -0.326 e. The van der Waals surface area contributed by atoms with Gasteiger partial charge in [-0.15, -0.1) is 0 Å². The van der Waals surface area contributed by atoms with Crippen LogP contribution in [0.2, 0.25) is 5.02 Å². The van der Waals surface area contributed by atoms with Gasteiger partial charge in [-0.1, -0.05) is 35.9 Å². The topological polar surface area (TPSA) is 66.5 Å². The van der Waals surface area contributed by atoms with Crippen LogP contribution in [0.4, 0.5) is 5.69 Å². The summed E-state index contributed by atoms with van der Waals surface area (Å²) in [6.45, 7) is 2.19. The number of carbonyl (C=O) groups excluding carboxylic acids is 3. The Hall–Kier alpha value is -2.66. The van der Waals surface area contributed by atoms with Crippen LogP contribution in [0.3, 0.4) is 0 Å². The van der Waals surface area contributed by atoms with Crippen LogP contribution in [0, 0.1) is 6.92 Å². The number of likely N-dealkylation sites (tertiary alicyclic amines) is 1. The van der Waals surface area contributed by atoms with E-state index in [1.807, 2.05) is 31.2 Å². The molecule has 27 heavy (non-hydrogen) atoms. The van der Waals surface area contributed by atoms with Crippen molar-refractivity contribution in [2.75, 3.05) is 5.32 Å². The van der Waals surface area contributed by atoms with Gasteiger partial charge in [0.05, 0.1) is 13.0 Å². The second-order valence-electron chi connectivity index (χ2n) is 6.68. The minimum atomic E-state index is -0.152. The number of hydrogen-bond donors (Lipinski definition) is 1. The van der Waals surface area contributed by atoms with Crippen LogP contribution in [0.25, 0.3) is 0 Å². The van der Waals surface area contributed by atoms with Crippen molar-refractivity contribution in [2.45, 2.75) is 39.2 Å². The Labute approximate surface area is 163 Å². The highest BCUT2D eigenvalue weighted by atomic mass is 35.5. The van der Waals surface area contributed by atoms with Crippen molar-refractivity contribution in [3.8, 4) is 0 Å². The van der Waals surface area contributed by atoms with E-state index in [4.69, 9.17) is 11.6 Å². The molecule has 1 fully saturated rings. The molecule has 1 saturated heterocycles. The molecule has 3 rings (SSSR count). The molecule has 0 radical (unpaired) electrons. The summed E-state index contributed by atoms with van der Waals surface area (Å²) in [5.74, 6) is -0.405. The molecule has 3 amide bonds. The lowest BCUT2D eigenvalue weighted by Gasteiger charge is -2.24. The molecule has 0 unspecified atom stereocenters. The smallest absolute Gasteiger partial charge is 0.229 e. The molecular weight excluding hydrogens is 364 g/mol. The molecule has 0 aromatic heterocycles. The molecule has 1 aliphatic rings. The van der Waals surface area contributed by atoms with Crippen molar-refractivity contribution in [1.29, 1.82) is 0 Å². The summed E-state index contributed by atoms with van der Waals surface area (Å²) < 4.78 is 0. The second kappa shape index (κ2) is 8.35. The number of imide groups is 1. The fourth-order valence-electron chi connectivity index (χ4n) is 3.11. The zero-order valence-electron chi connectivity index (χ0n) is 15.1. The van der Waals surface area contributed by atoms with Gasteiger partial charge in [0.2, 0.25) is 17.7 Å². The Morgan fingerprint density at radius 2 is 1.74 bits per heavy atom. The van der Waals surface area contributed by atoms with E-state index >= 15 is 0 Å². The van der Waals surface area contributed by atoms with E-state index in [0.717, 1.165) is 16.7 Å². The standard InChI is InChI=1S/C21H21ClN2O3/c1-14-4-2-5-18(22)17(14)12-19(25)23-16-10-8-15(9-11-16)13-24-20(26)6-3-7-21(24)27/h2,4-5,8-11H,3,6-7,12-13H2,1H3,(H,23,25). The van der Waals surface area contributed by atoms with Crippen molar-refractivity contribution in [3.63, 3.8) is 0 Å². The van der Waals surface area contributed by atoms with Gasteiger partial charge in [-0.3, -0.25) is 19.3 Å². The fourth-order valence-corrected chi connectivity index (χ4v) is 3.40. The van der Waals surface area contributed by atoms with E-state index in [2.05, 4.69) is 5.32 Å². The molecule has 0 aliphatic carbocycles. The van der Waals surface area contributed by atoms with Gasteiger partial charge < -0.3 is 5.32 Å². The highest BCUT2D eigenvalue weighted by Gasteiger charge is 2.25. The van der Waals surface area contributed by atoms with E-state index in [1.54, 1.807) is 18.2 Å². The Kier molecular flexibility index (Phi) is 5.91. The maximum Gasteiger partial charge on any atom is 0.229 e. The van der Waals surface area contributed by atoms with Crippen molar-refractivity contribution in [2.24, 2.45) is 0 Å². The number of hydrogen-bond acceptors (Lipinski definition) is 3. The number of carbonyl (C=O) groups is 3. The Bertz CT molecular complexity index is 841. The minimum absolute atomic E-state index is 0.126. The maximum absolute atomic E-state index is 12.3. The third-order valence-electron chi connectivity index (χ3n) is 4.65. The van der Waals surface area contributed by atoms with Crippen LogP contribution >= 0.6 is 11.6 Å². The van der Waals surface area contributed by atoms with E-state index in [9.17, 15) is 14.4 Å². The number of amides is 3. The number of benzene rings is 2. The summed E-state index contributed by atoms with van der Waals surface area (Å²) in [5.41, 5.74) is 3.29. The van der Waals surface area contributed by atoms with Crippen LogP contribution in [-0.4, -0.2) is 22.6 Å². The lowest BCUT2D eigenvalue weighted by Crippen LogP contribution is -2.39. The van der Waals surface area contributed by atoms with Crippen LogP contribution in [0.15, 0.2) is 42.5 Å². The van der Waals surface area contributed by atoms with Gasteiger partial charge >= 0.3 is 0 Å². The molecule has 2 aromatic carbocycles. The number of rotatable bonds is 5. The first-order chi connectivity index (χ1) is 12.9. The normalized spacial score (nSPS) is 14.4. The van der Waals surface area contributed by atoms with Crippen molar-refractivity contribution < 1.29 is 14.4 Å². The second-order valence-corrected chi connectivity index (χ2v) is 7.09. The van der Waals surface area contributed by atoms with E-state index in [0.29, 0.717) is 30.0 Å². The third-order valence-corrected chi connectivity index (χ3v) is 5.01. The lowest BCUT2D eigenvalue weighted by molar-refractivity contribution is -0.148. The van der Waals surface area contributed by atoms with Gasteiger partial charge in [0, 0.05) is 23.6 Å². The van der Waals surface area contributed by atoms with Gasteiger partial charge in [0.25, 0.3) is 0 Å². The molecule has 1 heterocycles. The molecule has 1 N–H and O–H groups in total. The molecule has 0 atom stereocenters. The summed E-state index contributed by atoms with van der Waals surface area (Å²) in [7, 11) is 0. The quantitative estimate of drug-likeness (QED) is 0.796. The first kappa shape index (κ1) is 19.1. The zero-order valence-corrected chi connectivity index (χ0v) is 15.9. The number of anilines is 1. The largest absolute Gasteiger partial charge is 0.326 e. The lowest BCUT2D eigenvalue weighted by atomic mass is 10.1. The monoisotopic (exact) mass is 384 g/mol. The van der Waals surface area contributed by atoms with Crippen LogP contribution < -0.4 is 5.32 Å². The number of nitrogens with one attached hydrogen (secondary N) is 1. The average molecular weight is 385 g/mol. The molecule has 1 aliphatic heterocycles. The van der Waals surface area contributed by atoms with Crippen molar-refractivity contribution in [1.82, 2.24) is 4.90 Å². The summed E-state index contributed by atoms with van der Waals surface area (Å²) in [6, 6.07) is 12.7. The molecule has 5 nitrogen and oxygen atoms in total. The Balaban J connectivity index is 1.61. The van der Waals surface area contributed by atoms with Crippen molar-refractivity contribution >= 4 is 35.0 Å². The van der Waals surface area contributed by atoms with Gasteiger partial charge in [0.15, 0.2) is 0 Å². The predicted octanol–water partition coefficient (Wildman–Crippen LogP) is 3.87. The average Bonchev–Trinajstić information content (AvgIpc) is 2.63. The van der Waals surface area contributed by atoms with E-state index in [-0.39, 0.29) is 30.7 Å². The number of aryl methyl sites for hydroxylation is 1. The summed E-state index contributed by atoms with van der Waals surface area (Å²) in [4.78, 5) is 37.4. The number of halogens is 1. The molecule has 140 valence electrons. The Morgan fingerprint density at radius 1 is 1.07 bits per heavy atom. The number of piperidine rings is 1. The molecule has 0 saturated carbocycles. The van der Waals surface area contributed by atoms with Gasteiger partial charge in [0.1, 0.15) is 0 Å². The highest BCUT2D eigenvalue weighted by Crippen LogP contribution is 2.21. The summed E-state index contributed by atoms with van der Waals surface area (Å²) >= 11 is 6.17.